The smallest absolute Gasteiger partial charge is 0.265 e. The molecule has 0 fully saturated rings. The standard InChI is InChI=1S/C15H20N2O2S2/c1-4-17(13-8-6-5-7-11(13)2)21(18,19)15-12(3)10-20-14(15)9-16/h5-8,10H,4,9,16H2,1-3H3. The van der Waals surface area contributed by atoms with E-state index in [9.17, 15) is 8.42 Å². The Labute approximate surface area is 130 Å². The van der Waals surface area contributed by atoms with Gasteiger partial charge in [0.25, 0.3) is 10.0 Å². The van der Waals surface area contributed by atoms with Gasteiger partial charge in [0, 0.05) is 18.0 Å². The highest BCUT2D eigenvalue weighted by Crippen LogP contribution is 2.32. The molecule has 0 aliphatic heterocycles. The van der Waals surface area contributed by atoms with Crippen LogP contribution in [0.5, 0.6) is 0 Å². The van der Waals surface area contributed by atoms with Crippen molar-refractivity contribution in [2.75, 3.05) is 10.8 Å². The van der Waals surface area contributed by atoms with Crippen molar-refractivity contribution in [3.05, 3.63) is 45.6 Å². The van der Waals surface area contributed by atoms with E-state index in [1.165, 1.54) is 15.6 Å². The molecule has 114 valence electrons. The maximum Gasteiger partial charge on any atom is 0.265 e. The summed E-state index contributed by atoms with van der Waals surface area (Å²) < 4.78 is 27.6. The van der Waals surface area contributed by atoms with Gasteiger partial charge in [0.1, 0.15) is 4.90 Å². The number of nitrogens with two attached hydrogens (primary N) is 1. The summed E-state index contributed by atoms with van der Waals surface area (Å²) in [6.45, 7) is 6.19. The van der Waals surface area contributed by atoms with Gasteiger partial charge in [-0.3, -0.25) is 4.31 Å². The molecule has 1 heterocycles. The first-order valence-corrected chi connectivity index (χ1v) is 9.10. The lowest BCUT2D eigenvalue weighted by Gasteiger charge is -2.25. The van der Waals surface area contributed by atoms with E-state index in [0.29, 0.717) is 22.0 Å². The van der Waals surface area contributed by atoms with Crippen LogP contribution in [0.2, 0.25) is 0 Å². The molecule has 0 atom stereocenters. The van der Waals surface area contributed by atoms with Crippen LogP contribution >= 0.6 is 11.3 Å². The van der Waals surface area contributed by atoms with Crippen molar-refractivity contribution in [1.29, 1.82) is 0 Å². The minimum atomic E-state index is -3.59. The van der Waals surface area contributed by atoms with Crippen molar-refractivity contribution in [2.24, 2.45) is 5.73 Å². The van der Waals surface area contributed by atoms with Gasteiger partial charge < -0.3 is 5.73 Å². The van der Waals surface area contributed by atoms with Crippen molar-refractivity contribution in [3.63, 3.8) is 0 Å². The zero-order chi connectivity index (χ0) is 15.6. The lowest BCUT2D eigenvalue weighted by atomic mass is 10.2. The Morgan fingerprint density at radius 2 is 1.86 bits per heavy atom. The molecular weight excluding hydrogens is 304 g/mol. The monoisotopic (exact) mass is 324 g/mol. The van der Waals surface area contributed by atoms with Gasteiger partial charge in [0.2, 0.25) is 0 Å². The van der Waals surface area contributed by atoms with E-state index in [2.05, 4.69) is 0 Å². The molecule has 1 aromatic carbocycles. The predicted molar refractivity (Wildman–Crippen MR) is 88.3 cm³/mol. The maximum absolute atomic E-state index is 13.1. The van der Waals surface area contributed by atoms with Crippen LogP contribution in [-0.4, -0.2) is 15.0 Å². The fourth-order valence-corrected chi connectivity index (χ4v) is 5.59. The molecule has 0 aliphatic carbocycles. The number of sulfonamides is 1. The van der Waals surface area contributed by atoms with Crippen LogP contribution in [0.3, 0.4) is 0 Å². The van der Waals surface area contributed by atoms with Crippen molar-refractivity contribution in [3.8, 4) is 0 Å². The molecule has 0 saturated carbocycles. The Kier molecular flexibility index (Phi) is 4.70. The normalized spacial score (nSPS) is 11.6. The molecule has 0 aliphatic rings. The molecule has 2 rings (SSSR count). The fraction of sp³-hybridized carbons (Fsp3) is 0.333. The Balaban J connectivity index is 2.61. The molecule has 21 heavy (non-hydrogen) atoms. The van der Waals surface area contributed by atoms with Crippen LogP contribution in [0, 0.1) is 13.8 Å². The molecular formula is C15H20N2O2S2. The average Bonchev–Trinajstić information content (AvgIpc) is 2.83. The molecule has 0 saturated heterocycles. The minimum Gasteiger partial charge on any atom is -0.326 e. The molecule has 0 spiro atoms. The quantitative estimate of drug-likeness (QED) is 0.919. The third-order valence-electron chi connectivity index (χ3n) is 3.39. The average molecular weight is 324 g/mol. The van der Waals surface area contributed by atoms with Gasteiger partial charge in [0.05, 0.1) is 5.69 Å². The van der Waals surface area contributed by atoms with Crippen LogP contribution in [0.25, 0.3) is 0 Å². The van der Waals surface area contributed by atoms with Gasteiger partial charge in [-0.2, -0.15) is 0 Å². The first-order chi connectivity index (χ1) is 9.93. The summed E-state index contributed by atoms with van der Waals surface area (Å²) in [5.41, 5.74) is 8.11. The number of nitrogens with zero attached hydrogens (tertiary/aromatic N) is 1. The molecule has 1 aromatic heterocycles. The maximum atomic E-state index is 13.1. The van der Waals surface area contributed by atoms with Gasteiger partial charge >= 0.3 is 0 Å². The molecule has 0 amide bonds. The van der Waals surface area contributed by atoms with E-state index in [-0.39, 0.29) is 6.54 Å². The van der Waals surface area contributed by atoms with Gasteiger partial charge in [0.15, 0.2) is 0 Å². The highest BCUT2D eigenvalue weighted by Gasteiger charge is 2.29. The first kappa shape index (κ1) is 16.0. The predicted octanol–water partition coefficient (Wildman–Crippen LogP) is 3.04. The number of anilines is 1. The van der Waals surface area contributed by atoms with Crippen LogP contribution in [0.1, 0.15) is 22.9 Å². The number of aryl methyl sites for hydroxylation is 2. The van der Waals surface area contributed by atoms with Crippen LogP contribution < -0.4 is 10.0 Å². The van der Waals surface area contributed by atoms with Crippen LogP contribution in [0.4, 0.5) is 5.69 Å². The van der Waals surface area contributed by atoms with E-state index in [0.717, 1.165) is 11.1 Å². The topological polar surface area (TPSA) is 63.4 Å². The summed E-state index contributed by atoms with van der Waals surface area (Å²) in [5.74, 6) is 0. The molecule has 0 bridgehead atoms. The van der Waals surface area contributed by atoms with Gasteiger partial charge in [-0.25, -0.2) is 8.42 Å². The fourth-order valence-electron chi connectivity index (χ4n) is 2.40. The SMILES string of the molecule is CCN(c1ccccc1C)S(=O)(=O)c1c(C)csc1CN. The van der Waals surface area contributed by atoms with Gasteiger partial charge in [-0.05, 0) is 43.3 Å². The second kappa shape index (κ2) is 6.17. The summed E-state index contributed by atoms with van der Waals surface area (Å²) in [6, 6.07) is 7.50. The summed E-state index contributed by atoms with van der Waals surface area (Å²) >= 11 is 1.40. The molecule has 6 heteroatoms. The second-order valence-electron chi connectivity index (χ2n) is 4.83. The molecule has 0 unspecified atom stereocenters. The molecule has 2 N–H and O–H groups in total. The third kappa shape index (κ3) is 2.84. The van der Waals surface area contributed by atoms with Crippen molar-refractivity contribution in [2.45, 2.75) is 32.2 Å². The number of para-hydroxylation sites is 1. The van der Waals surface area contributed by atoms with E-state index in [4.69, 9.17) is 5.73 Å². The lowest BCUT2D eigenvalue weighted by Crippen LogP contribution is -2.32. The van der Waals surface area contributed by atoms with Gasteiger partial charge in [-0.1, -0.05) is 18.2 Å². The summed E-state index contributed by atoms with van der Waals surface area (Å²) in [6.07, 6.45) is 0. The van der Waals surface area contributed by atoms with E-state index in [1.54, 1.807) is 0 Å². The Hall–Kier alpha value is -1.37. The zero-order valence-corrected chi connectivity index (χ0v) is 14.1. The summed E-state index contributed by atoms with van der Waals surface area (Å²) in [4.78, 5) is 1.07. The molecule has 0 radical (unpaired) electrons. The first-order valence-electron chi connectivity index (χ1n) is 6.78. The van der Waals surface area contributed by atoms with Crippen molar-refractivity contribution in [1.82, 2.24) is 0 Å². The van der Waals surface area contributed by atoms with E-state index >= 15 is 0 Å². The van der Waals surface area contributed by atoms with Gasteiger partial charge in [-0.15, -0.1) is 11.3 Å². The zero-order valence-electron chi connectivity index (χ0n) is 12.5. The number of benzene rings is 1. The van der Waals surface area contributed by atoms with E-state index < -0.39 is 10.0 Å². The highest BCUT2D eigenvalue weighted by molar-refractivity contribution is 7.93. The van der Waals surface area contributed by atoms with E-state index in [1.807, 2.05) is 50.4 Å². The number of rotatable bonds is 5. The number of hydrogen-bond donors (Lipinski definition) is 1. The summed E-state index contributed by atoms with van der Waals surface area (Å²) in [7, 11) is -3.59. The van der Waals surface area contributed by atoms with Crippen molar-refractivity contribution >= 4 is 27.0 Å². The number of thiophene rings is 1. The lowest BCUT2D eigenvalue weighted by molar-refractivity contribution is 0.590. The second-order valence-corrected chi connectivity index (χ2v) is 7.59. The Morgan fingerprint density at radius 3 is 2.43 bits per heavy atom. The van der Waals surface area contributed by atoms with Crippen LogP contribution in [-0.2, 0) is 16.6 Å². The summed E-state index contributed by atoms with van der Waals surface area (Å²) in [5, 5.41) is 1.85. The largest absolute Gasteiger partial charge is 0.326 e. The minimum absolute atomic E-state index is 0.235. The third-order valence-corrected chi connectivity index (χ3v) is 6.77. The molecule has 4 nitrogen and oxygen atoms in total. The number of hydrogen-bond acceptors (Lipinski definition) is 4. The Morgan fingerprint density at radius 1 is 1.19 bits per heavy atom. The molecule has 2 aromatic rings. The van der Waals surface area contributed by atoms with Crippen LogP contribution in [0.15, 0.2) is 34.5 Å². The van der Waals surface area contributed by atoms with Crippen molar-refractivity contribution < 1.29 is 8.42 Å². The highest BCUT2D eigenvalue weighted by atomic mass is 32.2. The Bertz CT molecular complexity index is 736.